The molecule has 2 rings (SSSR count). The predicted molar refractivity (Wildman–Crippen MR) is 41.3 cm³/mol. The van der Waals surface area contributed by atoms with E-state index < -0.39 is 0 Å². The van der Waals surface area contributed by atoms with Gasteiger partial charge >= 0.3 is 0 Å². The molecule has 1 N–H and O–H groups in total. The van der Waals surface area contributed by atoms with Crippen LogP contribution in [0.4, 0.5) is 0 Å². The van der Waals surface area contributed by atoms with Gasteiger partial charge in [-0.15, -0.1) is 12.4 Å². The minimum atomic E-state index is 0. The number of halogens is 1. The van der Waals surface area contributed by atoms with E-state index in [1.54, 1.807) is 0 Å². The first-order valence-electron chi connectivity index (χ1n) is 3.61. The molecule has 3 heteroatoms. The summed E-state index contributed by atoms with van der Waals surface area (Å²) in [4.78, 5) is 11.0. The molecule has 0 spiro atoms. The van der Waals surface area contributed by atoms with E-state index in [-0.39, 0.29) is 12.4 Å². The van der Waals surface area contributed by atoms with Gasteiger partial charge in [0.1, 0.15) is 5.78 Å². The van der Waals surface area contributed by atoms with Gasteiger partial charge in [0.25, 0.3) is 0 Å². The number of carbonyl (C=O) groups is 1. The van der Waals surface area contributed by atoms with Crippen LogP contribution in [0.1, 0.15) is 12.8 Å². The quantitative estimate of drug-likeness (QED) is 0.564. The Labute approximate surface area is 66.8 Å². The number of hydrogen-bond donors (Lipinski definition) is 1. The highest BCUT2D eigenvalue weighted by Crippen LogP contribution is 2.30. The van der Waals surface area contributed by atoms with E-state index in [1.807, 2.05) is 0 Å². The molecule has 10 heavy (non-hydrogen) atoms. The zero-order valence-corrected chi connectivity index (χ0v) is 6.62. The highest BCUT2D eigenvalue weighted by molar-refractivity contribution is 5.85. The maximum Gasteiger partial charge on any atom is 0.137 e. The molecule has 0 amide bonds. The van der Waals surface area contributed by atoms with E-state index in [9.17, 15) is 4.79 Å². The normalized spacial score (nSPS) is 37.4. The van der Waals surface area contributed by atoms with E-state index in [1.165, 1.54) is 0 Å². The topological polar surface area (TPSA) is 29.1 Å². The molecule has 1 saturated heterocycles. The SMILES string of the molecule is Cl.O=C1CCC2CNCC12. The number of hydrogen-bond acceptors (Lipinski definition) is 2. The highest BCUT2D eigenvalue weighted by atomic mass is 35.5. The fourth-order valence-corrected chi connectivity index (χ4v) is 1.93. The number of fused-ring (bicyclic) bond motifs is 1. The summed E-state index contributed by atoms with van der Waals surface area (Å²) in [6.45, 7) is 2.03. The van der Waals surface area contributed by atoms with Gasteiger partial charge in [-0.25, -0.2) is 0 Å². The molecule has 1 aliphatic heterocycles. The van der Waals surface area contributed by atoms with Crippen LogP contribution in [0.2, 0.25) is 0 Å². The summed E-state index contributed by atoms with van der Waals surface area (Å²) in [5.41, 5.74) is 0. The van der Waals surface area contributed by atoms with Gasteiger partial charge in [-0.1, -0.05) is 0 Å². The fraction of sp³-hybridized carbons (Fsp3) is 0.857. The lowest BCUT2D eigenvalue weighted by molar-refractivity contribution is -0.120. The van der Waals surface area contributed by atoms with Crippen molar-refractivity contribution in [3.05, 3.63) is 0 Å². The van der Waals surface area contributed by atoms with Crippen molar-refractivity contribution in [1.29, 1.82) is 0 Å². The maximum absolute atomic E-state index is 11.0. The molecule has 2 aliphatic rings. The predicted octanol–water partition coefficient (Wildman–Crippen LogP) is 0.607. The van der Waals surface area contributed by atoms with Crippen molar-refractivity contribution in [2.24, 2.45) is 11.8 Å². The van der Waals surface area contributed by atoms with Crippen molar-refractivity contribution in [2.45, 2.75) is 12.8 Å². The number of ketones is 1. The second-order valence-corrected chi connectivity index (χ2v) is 3.03. The van der Waals surface area contributed by atoms with Crippen LogP contribution in [0.25, 0.3) is 0 Å². The largest absolute Gasteiger partial charge is 0.316 e. The van der Waals surface area contributed by atoms with Gasteiger partial charge in [0.05, 0.1) is 0 Å². The van der Waals surface area contributed by atoms with Gasteiger partial charge in [-0.05, 0) is 18.9 Å². The van der Waals surface area contributed by atoms with Crippen molar-refractivity contribution >= 4 is 18.2 Å². The average Bonchev–Trinajstić information content (AvgIpc) is 2.35. The van der Waals surface area contributed by atoms with Crippen molar-refractivity contribution in [3.8, 4) is 0 Å². The van der Waals surface area contributed by atoms with E-state index in [2.05, 4.69) is 5.32 Å². The monoisotopic (exact) mass is 161 g/mol. The lowest BCUT2D eigenvalue weighted by Crippen LogP contribution is -2.14. The fourth-order valence-electron chi connectivity index (χ4n) is 1.93. The van der Waals surface area contributed by atoms with E-state index in [0.29, 0.717) is 17.6 Å². The Morgan fingerprint density at radius 1 is 1.40 bits per heavy atom. The maximum atomic E-state index is 11.0. The molecule has 2 fully saturated rings. The number of nitrogens with one attached hydrogen (secondary N) is 1. The zero-order chi connectivity index (χ0) is 6.27. The molecule has 0 aromatic carbocycles. The first kappa shape index (κ1) is 8.02. The molecular formula is C7H12ClNO. The third kappa shape index (κ3) is 1.06. The van der Waals surface area contributed by atoms with Crippen LogP contribution in [0.5, 0.6) is 0 Å². The molecular weight excluding hydrogens is 150 g/mol. The Bertz CT molecular complexity index is 149. The Morgan fingerprint density at radius 2 is 2.20 bits per heavy atom. The van der Waals surface area contributed by atoms with Crippen LogP contribution in [0.3, 0.4) is 0 Å². The van der Waals surface area contributed by atoms with Gasteiger partial charge in [-0.3, -0.25) is 4.79 Å². The molecule has 2 unspecified atom stereocenters. The minimum Gasteiger partial charge on any atom is -0.316 e. The molecule has 1 heterocycles. The minimum absolute atomic E-state index is 0. The molecule has 2 atom stereocenters. The Balaban J connectivity index is 0.000000500. The van der Waals surface area contributed by atoms with Crippen LogP contribution in [-0.4, -0.2) is 18.9 Å². The number of Topliss-reactive ketones (excluding diaryl/α,β-unsaturated/α-hetero) is 1. The van der Waals surface area contributed by atoms with Gasteiger partial charge in [0.2, 0.25) is 0 Å². The molecule has 1 saturated carbocycles. The lowest BCUT2D eigenvalue weighted by Gasteiger charge is -2.01. The second-order valence-electron chi connectivity index (χ2n) is 3.03. The van der Waals surface area contributed by atoms with E-state index in [0.717, 1.165) is 25.9 Å². The standard InChI is InChI=1S/C7H11NO.ClH/c9-7-2-1-5-3-8-4-6(5)7;/h5-6,8H,1-4H2;1H. The third-order valence-electron chi connectivity index (χ3n) is 2.51. The summed E-state index contributed by atoms with van der Waals surface area (Å²) in [5, 5.41) is 3.23. The van der Waals surface area contributed by atoms with Gasteiger partial charge in [-0.2, -0.15) is 0 Å². The Hall–Kier alpha value is -0.0800. The Kier molecular flexibility index (Phi) is 2.32. The van der Waals surface area contributed by atoms with Crippen molar-refractivity contribution in [3.63, 3.8) is 0 Å². The van der Waals surface area contributed by atoms with Gasteiger partial charge in [0, 0.05) is 18.9 Å². The summed E-state index contributed by atoms with van der Waals surface area (Å²) in [5.74, 6) is 1.58. The van der Waals surface area contributed by atoms with Crippen LogP contribution >= 0.6 is 12.4 Å². The van der Waals surface area contributed by atoms with Crippen LogP contribution in [0, 0.1) is 11.8 Å². The van der Waals surface area contributed by atoms with Gasteiger partial charge in [0.15, 0.2) is 0 Å². The van der Waals surface area contributed by atoms with Crippen LogP contribution in [-0.2, 0) is 4.79 Å². The van der Waals surface area contributed by atoms with Crippen molar-refractivity contribution < 1.29 is 4.79 Å². The van der Waals surface area contributed by atoms with Gasteiger partial charge < -0.3 is 5.32 Å². The molecule has 0 aromatic rings. The average molecular weight is 162 g/mol. The molecule has 0 radical (unpaired) electrons. The van der Waals surface area contributed by atoms with Crippen molar-refractivity contribution in [1.82, 2.24) is 5.32 Å². The lowest BCUT2D eigenvalue weighted by atomic mass is 10.0. The molecule has 0 bridgehead atoms. The summed E-state index contributed by atoms with van der Waals surface area (Å²) in [6, 6.07) is 0. The summed E-state index contributed by atoms with van der Waals surface area (Å²) in [6.07, 6.45) is 1.98. The summed E-state index contributed by atoms with van der Waals surface area (Å²) in [7, 11) is 0. The van der Waals surface area contributed by atoms with Crippen molar-refractivity contribution in [2.75, 3.05) is 13.1 Å². The molecule has 0 aromatic heterocycles. The summed E-state index contributed by atoms with van der Waals surface area (Å²) >= 11 is 0. The second kappa shape index (κ2) is 2.89. The molecule has 58 valence electrons. The molecule has 1 aliphatic carbocycles. The summed E-state index contributed by atoms with van der Waals surface area (Å²) < 4.78 is 0. The molecule has 2 nitrogen and oxygen atoms in total. The van der Waals surface area contributed by atoms with Crippen LogP contribution in [0.15, 0.2) is 0 Å². The Morgan fingerprint density at radius 3 is 2.90 bits per heavy atom. The highest BCUT2D eigenvalue weighted by Gasteiger charge is 2.37. The third-order valence-corrected chi connectivity index (χ3v) is 2.51. The first-order valence-corrected chi connectivity index (χ1v) is 3.61. The van der Waals surface area contributed by atoms with E-state index >= 15 is 0 Å². The van der Waals surface area contributed by atoms with E-state index in [4.69, 9.17) is 0 Å². The zero-order valence-electron chi connectivity index (χ0n) is 5.80. The van der Waals surface area contributed by atoms with Crippen LogP contribution < -0.4 is 5.32 Å². The first-order chi connectivity index (χ1) is 4.38. The number of rotatable bonds is 0. The number of carbonyl (C=O) groups excluding carboxylic acids is 1. The smallest absolute Gasteiger partial charge is 0.137 e.